The fraction of sp³-hybridized carbons (Fsp3) is 0.409. The standard InChI is InChI=1S/C22H25FN2O2/c1-24(2)21(26)20-18-5-3-4-6-19(18)22(27-20)11-13-25(14-12-22)15-16-7-9-17(23)10-8-16/h3-10,20H,11-15H2,1-2H3/t20-/m0/s1. The third-order valence-corrected chi connectivity index (χ3v) is 5.73. The van der Waals surface area contributed by atoms with Gasteiger partial charge in [0, 0.05) is 33.7 Å². The molecule has 4 rings (SSSR count). The lowest BCUT2D eigenvalue weighted by Crippen LogP contribution is -2.43. The topological polar surface area (TPSA) is 32.8 Å². The van der Waals surface area contributed by atoms with E-state index in [1.54, 1.807) is 19.0 Å². The first-order valence-electron chi connectivity index (χ1n) is 9.44. The Kier molecular flexibility index (Phi) is 4.74. The van der Waals surface area contributed by atoms with Crippen molar-refractivity contribution in [1.29, 1.82) is 0 Å². The molecule has 2 aliphatic rings. The molecule has 1 saturated heterocycles. The number of carbonyl (C=O) groups is 1. The lowest BCUT2D eigenvalue weighted by atomic mass is 9.83. The third kappa shape index (κ3) is 3.37. The molecule has 4 nitrogen and oxygen atoms in total. The normalized spacial score (nSPS) is 21.2. The van der Waals surface area contributed by atoms with Crippen LogP contribution in [-0.4, -0.2) is 42.9 Å². The van der Waals surface area contributed by atoms with Gasteiger partial charge in [0.25, 0.3) is 5.91 Å². The van der Waals surface area contributed by atoms with Crippen molar-refractivity contribution in [2.24, 2.45) is 0 Å². The Bertz CT molecular complexity index is 826. The number of benzene rings is 2. The molecule has 2 aliphatic heterocycles. The molecular formula is C22H25FN2O2. The van der Waals surface area contributed by atoms with Crippen LogP contribution in [0.3, 0.4) is 0 Å². The Hall–Kier alpha value is -2.24. The maximum atomic E-state index is 13.1. The zero-order valence-corrected chi connectivity index (χ0v) is 15.8. The average molecular weight is 368 g/mol. The Morgan fingerprint density at radius 2 is 1.81 bits per heavy atom. The maximum absolute atomic E-state index is 13.1. The molecule has 1 amide bonds. The van der Waals surface area contributed by atoms with Gasteiger partial charge in [-0.25, -0.2) is 4.39 Å². The fourth-order valence-corrected chi connectivity index (χ4v) is 4.22. The number of fused-ring (bicyclic) bond motifs is 2. The van der Waals surface area contributed by atoms with Gasteiger partial charge in [-0.2, -0.15) is 0 Å². The largest absolute Gasteiger partial charge is 0.352 e. The van der Waals surface area contributed by atoms with Crippen LogP contribution in [0.4, 0.5) is 4.39 Å². The van der Waals surface area contributed by atoms with Crippen molar-refractivity contribution in [3.63, 3.8) is 0 Å². The molecule has 27 heavy (non-hydrogen) atoms. The maximum Gasteiger partial charge on any atom is 0.255 e. The zero-order valence-electron chi connectivity index (χ0n) is 15.8. The predicted molar refractivity (Wildman–Crippen MR) is 102 cm³/mol. The van der Waals surface area contributed by atoms with E-state index in [2.05, 4.69) is 11.0 Å². The summed E-state index contributed by atoms with van der Waals surface area (Å²) in [5.74, 6) is -0.211. The second-order valence-corrected chi connectivity index (χ2v) is 7.71. The highest BCUT2D eigenvalue weighted by molar-refractivity contribution is 5.83. The molecule has 2 aromatic carbocycles. The molecule has 1 atom stereocenters. The van der Waals surface area contributed by atoms with Gasteiger partial charge in [-0.15, -0.1) is 0 Å². The Labute approximate surface area is 159 Å². The fourth-order valence-electron chi connectivity index (χ4n) is 4.22. The van der Waals surface area contributed by atoms with Gasteiger partial charge in [-0.1, -0.05) is 36.4 Å². The molecule has 2 aromatic rings. The average Bonchev–Trinajstić information content (AvgIpc) is 2.99. The molecule has 2 heterocycles. The minimum atomic E-state index is -0.514. The first-order valence-corrected chi connectivity index (χ1v) is 9.44. The molecule has 0 saturated carbocycles. The summed E-state index contributed by atoms with van der Waals surface area (Å²) in [6.07, 6.45) is 1.19. The van der Waals surface area contributed by atoms with Crippen LogP contribution in [0.2, 0.25) is 0 Å². The van der Waals surface area contributed by atoms with Crippen LogP contribution in [0.1, 0.15) is 35.6 Å². The molecule has 0 aromatic heterocycles. The molecular weight excluding hydrogens is 343 g/mol. The summed E-state index contributed by atoms with van der Waals surface area (Å²) in [6, 6.07) is 14.8. The van der Waals surface area contributed by atoms with Gasteiger partial charge >= 0.3 is 0 Å². The number of carbonyl (C=O) groups excluding carboxylic acids is 1. The molecule has 0 aliphatic carbocycles. The summed E-state index contributed by atoms with van der Waals surface area (Å²) in [4.78, 5) is 16.6. The minimum Gasteiger partial charge on any atom is -0.352 e. The van der Waals surface area contributed by atoms with E-state index in [0.717, 1.165) is 49.2 Å². The first kappa shape index (κ1) is 18.1. The van der Waals surface area contributed by atoms with E-state index in [1.165, 1.54) is 12.1 Å². The van der Waals surface area contributed by atoms with Gasteiger partial charge in [0.2, 0.25) is 0 Å². The smallest absolute Gasteiger partial charge is 0.255 e. The van der Waals surface area contributed by atoms with E-state index in [0.29, 0.717) is 0 Å². The molecule has 0 N–H and O–H groups in total. The Morgan fingerprint density at radius 1 is 1.15 bits per heavy atom. The van der Waals surface area contributed by atoms with E-state index in [-0.39, 0.29) is 17.3 Å². The Balaban J connectivity index is 1.50. The van der Waals surface area contributed by atoms with Gasteiger partial charge in [0.05, 0.1) is 5.60 Å². The van der Waals surface area contributed by atoms with E-state index < -0.39 is 6.10 Å². The van der Waals surface area contributed by atoms with Gasteiger partial charge < -0.3 is 9.64 Å². The molecule has 142 valence electrons. The quantitative estimate of drug-likeness (QED) is 0.832. The molecule has 0 bridgehead atoms. The second kappa shape index (κ2) is 7.06. The molecule has 1 spiro atoms. The van der Waals surface area contributed by atoms with Crippen molar-refractivity contribution < 1.29 is 13.9 Å². The van der Waals surface area contributed by atoms with Gasteiger partial charge in [-0.05, 0) is 41.7 Å². The number of hydrogen-bond donors (Lipinski definition) is 0. The lowest BCUT2D eigenvalue weighted by Gasteiger charge is -2.39. The van der Waals surface area contributed by atoms with Crippen molar-refractivity contribution in [1.82, 2.24) is 9.80 Å². The summed E-state index contributed by atoms with van der Waals surface area (Å²) >= 11 is 0. The van der Waals surface area contributed by atoms with Crippen LogP contribution in [0, 0.1) is 5.82 Å². The predicted octanol–water partition coefficient (Wildman–Crippen LogP) is 3.48. The SMILES string of the molecule is CN(C)C(=O)[C@H]1OC2(CCN(Cc3ccc(F)cc3)CC2)c2ccccc21. The van der Waals surface area contributed by atoms with E-state index in [4.69, 9.17) is 4.74 Å². The number of likely N-dealkylation sites (tertiary alicyclic amines) is 1. The van der Waals surface area contributed by atoms with Crippen LogP contribution in [0.25, 0.3) is 0 Å². The second-order valence-electron chi connectivity index (χ2n) is 7.71. The molecule has 1 fully saturated rings. The van der Waals surface area contributed by atoms with Gasteiger partial charge in [0.15, 0.2) is 6.10 Å². The number of amides is 1. The summed E-state index contributed by atoms with van der Waals surface area (Å²) in [7, 11) is 3.54. The first-order chi connectivity index (χ1) is 13.0. The highest BCUT2D eigenvalue weighted by Gasteiger charge is 2.48. The lowest BCUT2D eigenvalue weighted by molar-refractivity contribution is -0.158. The number of likely N-dealkylation sites (N-methyl/N-ethyl adjacent to an activating group) is 1. The number of hydrogen-bond acceptors (Lipinski definition) is 3. The Morgan fingerprint density at radius 3 is 2.48 bits per heavy atom. The van der Waals surface area contributed by atoms with Crippen molar-refractivity contribution >= 4 is 5.91 Å². The summed E-state index contributed by atoms with van der Waals surface area (Å²) < 4.78 is 19.5. The van der Waals surface area contributed by atoms with Crippen LogP contribution in [-0.2, 0) is 21.7 Å². The van der Waals surface area contributed by atoms with Crippen LogP contribution >= 0.6 is 0 Å². The van der Waals surface area contributed by atoms with Crippen molar-refractivity contribution in [2.45, 2.75) is 31.1 Å². The number of piperidine rings is 1. The van der Waals surface area contributed by atoms with E-state index >= 15 is 0 Å². The zero-order chi connectivity index (χ0) is 19.0. The highest BCUT2D eigenvalue weighted by atomic mass is 19.1. The number of ether oxygens (including phenoxy) is 1. The molecule has 5 heteroatoms. The van der Waals surface area contributed by atoms with Crippen LogP contribution < -0.4 is 0 Å². The van der Waals surface area contributed by atoms with E-state index in [9.17, 15) is 9.18 Å². The monoisotopic (exact) mass is 368 g/mol. The highest BCUT2D eigenvalue weighted by Crippen LogP contribution is 2.49. The van der Waals surface area contributed by atoms with Crippen molar-refractivity contribution in [3.05, 3.63) is 71.0 Å². The summed E-state index contributed by atoms with van der Waals surface area (Å²) in [5.41, 5.74) is 2.89. The van der Waals surface area contributed by atoms with Gasteiger partial charge in [-0.3, -0.25) is 9.69 Å². The third-order valence-electron chi connectivity index (χ3n) is 5.73. The number of rotatable bonds is 3. The van der Waals surface area contributed by atoms with Gasteiger partial charge in [0.1, 0.15) is 5.82 Å². The van der Waals surface area contributed by atoms with Crippen LogP contribution in [0.15, 0.2) is 48.5 Å². The molecule has 0 radical (unpaired) electrons. The van der Waals surface area contributed by atoms with Crippen LogP contribution in [0.5, 0.6) is 0 Å². The van der Waals surface area contributed by atoms with Crippen molar-refractivity contribution in [2.75, 3.05) is 27.2 Å². The van der Waals surface area contributed by atoms with E-state index in [1.807, 2.05) is 30.3 Å². The number of nitrogens with zero attached hydrogens (tertiary/aromatic N) is 2. The summed E-state index contributed by atoms with van der Waals surface area (Å²) in [6.45, 7) is 2.57. The van der Waals surface area contributed by atoms with Crippen molar-refractivity contribution in [3.8, 4) is 0 Å². The number of halogens is 1. The molecule has 0 unspecified atom stereocenters. The summed E-state index contributed by atoms with van der Waals surface area (Å²) in [5, 5.41) is 0. The minimum absolute atomic E-state index is 0.00642.